The number of rotatable bonds is 7. The molecule has 0 amide bonds. The van der Waals surface area contributed by atoms with Gasteiger partial charge in [0.1, 0.15) is 0 Å². The fourth-order valence-corrected chi connectivity index (χ4v) is 3.88. The van der Waals surface area contributed by atoms with Crippen molar-refractivity contribution in [2.45, 2.75) is 25.4 Å². The number of benzene rings is 2. The minimum atomic E-state index is 0.271. The molecule has 0 spiro atoms. The second-order valence-corrected chi connectivity index (χ2v) is 6.41. The smallest absolute Gasteiger partial charge is 0.0476 e. The molecule has 0 radical (unpaired) electrons. The molecule has 0 aliphatic carbocycles. The first kappa shape index (κ1) is 16.3. The summed E-state index contributed by atoms with van der Waals surface area (Å²) in [6, 6.07) is 16.0. The highest BCUT2D eigenvalue weighted by Gasteiger charge is 2.23. The zero-order chi connectivity index (χ0) is 15.2. The van der Waals surface area contributed by atoms with Crippen LogP contribution >= 0.6 is 11.8 Å². The highest BCUT2D eigenvalue weighted by Crippen LogP contribution is 2.29. The van der Waals surface area contributed by atoms with Gasteiger partial charge in [0.25, 0.3) is 0 Å². The Kier molecular flexibility index (Phi) is 6.09. The van der Waals surface area contributed by atoms with Crippen molar-refractivity contribution in [3.63, 3.8) is 0 Å². The second kappa shape index (κ2) is 7.83. The third kappa shape index (κ3) is 3.60. The van der Waals surface area contributed by atoms with Gasteiger partial charge in [0, 0.05) is 24.4 Å². The molecule has 0 saturated heterocycles. The number of fused-ring (bicyclic) bond motifs is 1. The molecule has 0 bridgehead atoms. The second-order valence-electron chi connectivity index (χ2n) is 5.50. The number of thioether (sulfide) groups is 1. The minimum absolute atomic E-state index is 0.271. The van der Waals surface area contributed by atoms with Gasteiger partial charge in [-0.3, -0.25) is 4.90 Å². The lowest BCUT2D eigenvalue weighted by molar-refractivity contribution is 0.189. The predicted octanol–water partition coefficient (Wildman–Crippen LogP) is 3.91. The molecular weight excluding hydrogens is 276 g/mol. The molecule has 114 valence electrons. The Bertz CT molecular complexity index is 565. The number of likely N-dealkylation sites (N-methyl/N-ethyl adjacent to an activating group) is 1. The van der Waals surface area contributed by atoms with E-state index in [4.69, 9.17) is 5.73 Å². The highest BCUT2D eigenvalue weighted by molar-refractivity contribution is 7.98. The maximum atomic E-state index is 6.14. The molecule has 0 fully saturated rings. The van der Waals surface area contributed by atoms with Gasteiger partial charge >= 0.3 is 0 Å². The van der Waals surface area contributed by atoms with Gasteiger partial charge in [0.15, 0.2) is 0 Å². The predicted molar refractivity (Wildman–Crippen MR) is 96.0 cm³/mol. The third-order valence-electron chi connectivity index (χ3n) is 4.30. The largest absolute Gasteiger partial charge is 0.329 e. The molecule has 0 aliphatic heterocycles. The molecule has 2 aromatic rings. The summed E-state index contributed by atoms with van der Waals surface area (Å²) in [5, 5.41) is 2.61. The van der Waals surface area contributed by atoms with Crippen LogP contribution in [0.4, 0.5) is 0 Å². The molecule has 21 heavy (non-hydrogen) atoms. The minimum Gasteiger partial charge on any atom is -0.329 e. The topological polar surface area (TPSA) is 29.3 Å². The van der Waals surface area contributed by atoms with E-state index in [1.165, 1.54) is 16.3 Å². The molecule has 0 saturated carbocycles. The van der Waals surface area contributed by atoms with Gasteiger partial charge in [-0.15, -0.1) is 0 Å². The standard InChI is InChI=1S/C18H26N2S/c1-4-15(13-21-3)20(2)18(12-19)17-11-7-9-14-8-5-6-10-16(14)17/h5-11,15,18H,4,12-13,19H2,1-3H3. The quantitative estimate of drug-likeness (QED) is 0.840. The van der Waals surface area contributed by atoms with E-state index in [1.54, 1.807) is 0 Å². The van der Waals surface area contributed by atoms with Crippen molar-refractivity contribution in [2.75, 3.05) is 25.6 Å². The summed E-state index contributed by atoms with van der Waals surface area (Å²) in [6.07, 6.45) is 3.32. The maximum Gasteiger partial charge on any atom is 0.0476 e. The van der Waals surface area contributed by atoms with Gasteiger partial charge < -0.3 is 5.73 Å². The Morgan fingerprint density at radius 1 is 1.14 bits per heavy atom. The summed E-state index contributed by atoms with van der Waals surface area (Å²) in [4.78, 5) is 2.46. The van der Waals surface area contributed by atoms with E-state index >= 15 is 0 Å². The average Bonchev–Trinajstić information content (AvgIpc) is 2.53. The molecular formula is C18H26N2S. The van der Waals surface area contributed by atoms with Crippen molar-refractivity contribution >= 4 is 22.5 Å². The summed E-state index contributed by atoms with van der Waals surface area (Å²) in [7, 11) is 2.21. The maximum absolute atomic E-state index is 6.14. The molecule has 2 rings (SSSR count). The lowest BCUT2D eigenvalue weighted by Gasteiger charge is -2.34. The summed E-state index contributed by atoms with van der Waals surface area (Å²) < 4.78 is 0. The molecule has 2 N–H and O–H groups in total. The van der Waals surface area contributed by atoms with Gasteiger partial charge in [-0.25, -0.2) is 0 Å². The van der Waals surface area contributed by atoms with Gasteiger partial charge in [-0.2, -0.15) is 11.8 Å². The van der Waals surface area contributed by atoms with Crippen molar-refractivity contribution < 1.29 is 0 Å². The zero-order valence-electron chi connectivity index (χ0n) is 13.3. The molecule has 0 heterocycles. The van der Waals surface area contributed by atoms with Crippen LogP contribution in [0, 0.1) is 0 Å². The zero-order valence-corrected chi connectivity index (χ0v) is 14.1. The highest BCUT2D eigenvalue weighted by atomic mass is 32.2. The Morgan fingerprint density at radius 3 is 2.52 bits per heavy atom. The molecule has 0 aromatic heterocycles. The Labute approximate surface area is 132 Å². The Morgan fingerprint density at radius 2 is 1.86 bits per heavy atom. The first-order valence-corrected chi connectivity index (χ1v) is 9.00. The van der Waals surface area contributed by atoms with Crippen LogP contribution in [0.2, 0.25) is 0 Å². The van der Waals surface area contributed by atoms with E-state index in [1.807, 2.05) is 11.8 Å². The van der Waals surface area contributed by atoms with Crippen LogP contribution in [0.1, 0.15) is 24.9 Å². The molecule has 2 unspecified atom stereocenters. The van der Waals surface area contributed by atoms with Crippen molar-refractivity contribution in [1.29, 1.82) is 0 Å². The Hall–Kier alpha value is -1.03. The Balaban J connectivity index is 2.39. The van der Waals surface area contributed by atoms with E-state index in [2.05, 4.69) is 67.6 Å². The monoisotopic (exact) mass is 302 g/mol. The fraction of sp³-hybridized carbons (Fsp3) is 0.444. The van der Waals surface area contributed by atoms with E-state index in [9.17, 15) is 0 Å². The van der Waals surface area contributed by atoms with Crippen molar-refractivity contribution in [3.8, 4) is 0 Å². The van der Waals surface area contributed by atoms with Gasteiger partial charge in [0.05, 0.1) is 0 Å². The summed E-state index contributed by atoms with van der Waals surface area (Å²) in [5.74, 6) is 1.15. The normalized spacial score (nSPS) is 14.5. The average molecular weight is 302 g/mol. The van der Waals surface area contributed by atoms with Gasteiger partial charge in [0.2, 0.25) is 0 Å². The van der Waals surface area contributed by atoms with Crippen LogP contribution in [0.3, 0.4) is 0 Å². The first-order chi connectivity index (χ1) is 10.2. The fourth-order valence-electron chi connectivity index (χ4n) is 3.02. The van der Waals surface area contributed by atoms with Crippen LogP contribution in [0.25, 0.3) is 10.8 Å². The number of nitrogens with zero attached hydrogens (tertiary/aromatic N) is 1. The van der Waals surface area contributed by atoms with E-state index < -0.39 is 0 Å². The summed E-state index contributed by atoms with van der Waals surface area (Å²) in [5.41, 5.74) is 7.48. The van der Waals surface area contributed by atoms with Crippen LogP contribution in [0.15, 0.2) is 42.5 Å². The summed E-state index contributed by atoms with van der Waals surface area (Å²) >= 11 is 1.91. The van der Waals surface area contributed by atoms with Crippen LogP contribution < -0.4 is 5.73 Å². The van der Waals surface area contributed by atoms with Gasteiger partial charge in [-0.1, -0.05) is 49.4 Å². The SMILES string of the molecule is CCC(CSC)N(C)C(CN)c1cccc2ccccc12. The first-order valence-electron chi connectivity index (χ1n) is 7.61. The molecule has 2 atom stereocenters. The molecule has 0 aliphatic rings. The lowest BCUT2D eigenvalue weighted by atomic mass is 9.97. The van der Waals surface area contributed by atoms with E-state index in [0.29, 0.717) is 12.6 Å². The molecule has 3 heteroatoms. The number of nitrogens with two attached hydrogens (primary N) is 1. The van der Waals surface area contributed by atoms with Crippen LogP contribution in [0.5, 0.6) is 0 Å². The molecule has 2 nitrogen and oxygen atoms in total. The number of hydrogen-bond acceptors (Lipinski definition) is 3. The summed E-state index contributed by atoms with van der Waals surface area (Å²) in [6.45, 7) is 2.91. The van der Waals surface area contributed by atoms with E-state index in [-0.39, 0.29) is 6.04 Å². The van der Waals surface area contributed by atoms with Crippen molar-refractivity contribution in [1.82, 2.24) is 4.90 Å². The van der Waals surface area contributed by atoms with Crippen molar-refractivity contribution in [3.05, 3.63) is 48.0 Å². The van der Waals surface area contributed by atoms with Crippen LogP contribution in [-0.4, -0.2) is 36.5 Å². The van der Waals surface area contributed by atoms with Gasteiger partial charge in [-0.05, 0) is 36.1 Å². The lowest BCUT2D eigenvalue weighted by Crippen LogP contribution is -2.39. The van der Waals surface area contributed by atoms with Crippen molar-refractivity contribution in [2.24, 2.45) is 5.73 Å². The molecule has 2 aromatic carbocycles. The van der Waals surface area contributed by atoms with Crippen LogP contribution in [-0.2, 0) is 0 Å². The number of hydrogen-bond donors (Lipinski definition) is 1. The third-order valence-corrected chi connectivity index (χ3v) is 5.02. The van der Waals surface area contributed by atoms with E-state index in [0.717, 1.165) is 12.2 Å².